The third-order valence-electron chi connectivity index (χ3n) is 5.01. The lowest BCUT2D eigenvalue weighted by atomic mass is 10.1. The molecule has 0 aliphatic heterocycles. The number of para-hydroxylation sites is 1. The number of carbonyl (C=O) groups is 1. The van der Waals surface area contributed by atoms with Crippen molar-refractivity contribution in [2.75, 3.05) is 0 Å². The van der Waals surface area contributed by atoms with Gasteiger partial charge in [0.15, 0.2) is 0 Å². The van der Waals surface area contributed by atoms with Gasteiger partial charge in [-0.15, -0.1) is 0 Å². The van der Waals surface area contributed by atoms with Crippen molar-refractivity contribution in [3.63, 3.8) is 0 Å². The van der Waals surface area contributed by atoms with Crippen LogP contribution < -0.4 is 16.6 Å². The summed E-state index contributed by atoms with van der Waals surface area (Å²) >= 11 is 0. The van der Waals surface area contributed by atoms with Crippen molar-refractivity contribution in [3.05, 3.63) is 74.4 Å². The van der Waals surface area contributed by atoms with Crippen molar-refractivity contribution in [2.45, 2.75) is 46.7 Å². The summed E-state index contributed by atoms with van der Waals surface area (Å²) in [6.45, 7) is 9.21. The highest BCUT2D eigenvalue weighted by atomic mass is 16.2. The van der Waals surface area contributed by atoms with E-state index in [-0.39, 0.29) is 17.5 Å². The van der Waals surface area contributed by atoms with E-state index in [1.807, 2.05) is 39.8 Å². The second kappa shape index (κ2) is 7.46. The van der Waals surface area contributed by atoms with Gasteiger partial charge in [0.2, 0.25) is 5.91 Å². The molecule has 0 aliphatic carbocycles. The van der Waals surface area contributed by atoms with Crippen molar-refractivity contribution in [1.29, 1.82) is 0 Å². The molecule has 0 fully saturated rings. The minimum Gasteiger partial charge on any atom is -0.352 e. The number of carbonyl (C=O) groups excluding carboxylic acids is 1. The summed E-state index contributed by atoms with van der Waals surface area (Å²) in [5, 5.41) is 3.24. The number of aromatic nitrogens is 2. The quantitative estimate of drug-likeness (QED) is 0.758. The topological polar surface area (TPSA) is 73.1 Å². The maximum atomic E-state index is 13.4. The number of nitrogens with one attached hydrogen (secondary N) is 1. The lowest BCUT2D eigenvalue weighted by molar-refractivity contribution is -0.124. The molecule has 0 radical (unpaired) electrons. The van der Waals surface area contributed by atoms with Crippen LogP contribution in [-0.2, 0) is 4.79 Å². The number of nitrogens with zero attached hydrogens (tertiary/aromatic N) is 2. The Morgan fingerprint density at radius 2 is 1.64 bits per heavy atom. The van der Waals surface area contributed by atoms with E-state index in [1.165, 1.54) is 9.13 Å². The zero-order chi connectivity index (χ0) is 20.6. The molecule has 2 aromatic carbocycles. The Hall–Kier alpha value is -3.15. The zero-order valence-electron chi connectivity index (χ0n) is 16.8. The van der Waals surface area contributed by atoms with Crippen LogP contribution in [0.1, 0.15) is 37.9 Å². The first-order valence-electron chi connectivity index (χ1n) is 9.37. The Labute approximate surface area is 163 Å². The van der Waals surface area contributed by atoms with E-state index >= 15 is 0 Å². The second-order valence-electron chi connectivity index (χ2n) is 7.37. The van der Waals surface area contributed by atoms with Crippen molar-refractivity contribution in [2.24, 2.45) is 0 Å². The SMILES string of the molecule is Cc1cccc(-n2c(=O)c3ccccc3n(C(C)C(=O)NC(C)C)c2=O)c1C. The third-order valence-corrected chi connectivity index (χ3v) is 5.01. The zero-order valence-corrected chi connectivity index (χ0v) is 16.8. The summed E-state index contributed by atoms with van der Waals surface area (Å²) < 4.78 is 2.57. The number of benzene rings is 2. The van der Waals surface area contributed by atoms with Crippen molar-refractivity contribution >= 4 is 16.8 Å². The molecule has 0 bridgehead atoms. The monoisotopic (exact) mass is 379 g/mol. The average molecular weight is 379 g/mol. The minimum absolute atomic E-state index is 0.0539. The molecule has 1 heterocycles. The maximum Gasteiger partial charge on any atom is 0.336 e. The van der Waals surface area contributed by atoms with Crippen LogP contribution in [0.2, 0.25) is 0 Å². The van der Waals surface area contributed by atoms with Gasteiger partial charge in [0.25, 0.3) is 5.56 Å². The van der Waals surface area contributed by atoms with E-state index in [9.17, 15) is 14.4 Å². The highest BCUT2D eigenvalue weighted by Crippen LogP contribution is 2.18. The number of aryl methyl sites for hydroxylation is 1. The Kier molecular flexibility index (Phi) is 5.23. The van der Waals surface area contributed by atoms with Gasteiger partial charge in [-0.25, -0.2) is 9.36 Å². The molecule has 3 aromatic rings. The van der Waals surface area contributed by atoms with Gasteiger partial charge in [-0.2, -0.15) is 0 Å². The molecule has 0 saturated heterocycles. The minimum atomic E-state index is -0.767. The van der Waals surface area contributed by atoms with Gasteiger partial charge in [-0.1, -0.05) is 24.3 Å². The summed E-state index contributed by atoms with van der Waals surface area (Å²) in [4.78, 5) is 39.3. The van der Waals surface area contributed by atoms with Crippen LogP contribution in [0.25, 0.3) is 16.6 Å². The smallest absolute Gasteiger partial charge is 0.336 e. The highest BCUT2D eigenvalue weighted by molar-refractivity contribution is 5.84. The average Bonchev–Trinajstić information content (AvgIpc) is 2.64. The summed E-state index contributed by atoms with van der Waals surface area (Å²) in [7, 11) is 0. The molecule has 28 heavy (non-hydrogen) atoms. The number of hydrogen-bond acceptors (Lipinski definition) is 3. The van der Waals surface area contributed by atoms with Crippen molar-refractivity contribution < 1.29 is 4.79 Å². The Bertz CT molecular complexity index is 1170. The van der Waals surface area contributed by atoms with Crippen LogP contribution >= 0.6 is 0 Å². The van der Waals surface area contributed by atoms with Gasteiger partial charge >= 0.3 is 5.69 Å². The molecule has 1 N–H and O–H groups in total. The molecule has 146 valence electrons. The first kappa shape index (κ1) is 19.6. The molecule has 3 rings (SSSR count). The first-order valence-corrected chi connectivity index (χ1v) is 9.37. The summed E-state index contributed by atoms with van der Waals surface area (Å²) in [6.07, 6.45) is 0. The van der Waals surface area contributed by atoms with Gasteiger partial charge in [0.05, 0.1) is 16.6 Å². The van der Waals surface area contributed by atoms with Gasteiger partial charge in [-0.3, -0.25) is 14.2 Å². The molecule has 0 saturated carbocycles. The predicted octanol–water partition coefficient (Wildman–Crippen LogP) is 2.85. The fraction of sp³-hybridized carbons (Fsp3) is 0.318. The molecule has 1 unspecified atom stereocenters. The maximum absolute atomic E-state index is 13.4. The molecule has 0 spiro atoms. The number of hydrogen-bond donors (Lipinski definition) is 1. The van der Waals surface area contributed by atoms with E-state index < -0.39 is 11.7 Å². The largest absolute Gasteiger partial charge is 0.352 e. The predicted molar refractivity (Wildman–Crippen MR) is 111 cm³/mol. The highest BCUT2D eigenvalue weighted by Gasteiger charge is 2.23. The Morgan fingerprint density at radius 1 is 0.964 bits per heavy atom. The van der Waals surface area contributed by atoms with E-state index in [1.54, 1.807) is 37.3 Å². The fourth-order valence-corrected chi connectivity index (χ4v) is 3.37. The van der Waals surface area contributed by atoms with Gasteiger partial charge in [0.1, 0.15) is 6.04 Å². The van der Waals surface area contributed by atoms with Crippen LogP contribution in [0.5, 0.6) is 0 Å². The second-order valence-corrected chi connectivity index (χ2v) is 7.37. The molecule has 1 amide bonds. The molecular weight excluding hydrogens is 354 g/mol. The van der Waals surface area contributed by atoms with E-state index in [2.05, 4.69) is 5.32 Å². The van der Waals surface area contributed by atoms with Crippen molar-refractivity contribution in [1.82, 2.24) is 14.5 Å². The first-order chi connectivity index (χ1) is 13.2. The van der Waals surface area contributed by atoms with Crippen molar-refractivity contribution in [3.8, 4) is 5.69 Å². The van der Waals surface area contributed by atoms with E-state index in [0.717, 1.165) is 11.1 Å². The number of amides is 1. The lowest BCUT2D eigenvalue weighted by Crippen LogP contribution is -2.45. The van der Waals surface area contributed by atoms with Crippen LogP contribution in [0.3, 0.4) is 0 Å². The fourth-order valence-electron chi connectivity index (χ4n) is 3.37. The van der Waals surface area contributed by atoms with E-state index in [0.29, 0.717) is 16.6 Å². The van der Waals surface area contributed by atoms with Gasteiger partial charge in [0, 0.05) is 6.04 Å². The summed E-state index contributed by atoms with van der Waals surface area (Å²) in [5.41, 5.74) is 1.90. The number of fused-ring (bicyclic) bond motifs is 1. The van der Waals surface area contributed by atoms with Gasteiger partial charge in [-0.05, 0) is 63.9 Å². The van der Waals surface area contributed by atoms with Gasteiger partial charge < -0.3 is 5.32 Å². The Balaban J connectivity index is 2.39. The normalized spacial score (nSPS) is 12.4. The molecule has 0 aliphatic rings. The standard InChI is InChI=1S/C22H25N3O3/c1-13(2)23-20(26)16(5)24-19-11-7-6-10-17(19)21(27)25(22(24)28)18-12-8-9-14(3)15(18)4/h6-13,16H,1-5H3,(H,23,26). The van der Waals surface area contributed by atoms with Crippen LogP contribution in [0, 0.1) is 13.8 Å². The molecule has 6 heteroatoms. The van der Waals surface area contributed by atoms with Crippen LogP contribution in [-0.4, -0.2) is 21.1 Å². The molecule has 1 aromatic heterocycles. The summed E-state index contributed by atoms with van der Waals surface area (Å²) in [5.74, 6) is -0.270. The molecule has 6 nitrogen and oxygen atoms in total. The third kappa shape index (κ3) is 3.26. The molecular formula is C22H25N3O3. The summed E-state index contributed by atoms with van der Waals surface area (Å²) in [6, 6.07) is 11.6. The van der Waals surface area contributed by atoms with E-state index in [4.69, 9.17) is 0 Å². The Morgan fingerprint density at radius 3 is 2.32 bits per heavy atom. The molecule has 1 atom stereocenters. The van der Waals surface area contributed by atoms with Crippen LogP contribution in [0.15, 0.2) is 52.1 Å². The van der Waals surface area contributed by atoms with Crippen LogP contribution in [0.4, 0.5) is 0 Å². The lowest BCUT2D eigenvalue weighted by Gasteiger charge is -2.21. The number of rotatable bonds is 4.